The third kappa shape index (κ3) is 5.75. The van der Waals surface area contributed by atoms with Crippen LogP contribution < -0.4 is 4.74 Å². The van der Waals surface area contributed by atoms with Crippen LogP contribution in [0.4, 0.5) is 8.78 Å². The van der Waals surface area contributed by atoms with Gasteiger partial charge in [0.15, 0.2) is 17.4 Å². The highest BCUT2D eigenvalue weighted by molar-refractivity contribution is 6.00. The minimum absolute atomic E-state index is 0.0210. The molecule has 5 nitrogen and oxygen atoms in total. The number of Topliss-reactive ketones (excluding diaryl/α,β-unsaturated/α-hetero) is 1. The highest BCUT2D eigenvalue weighted by Crippen LogP contribution is 2.25. The summed E-state index contributed by atoms with van der Waals surface area (Å²) >= 11 is 0. The van der Waals surface area contributed by atoms with Crippen molar-refractivity contribution in [2.45, 2.75) is 19.6 Å². The van der Waals surface area contributed by atoms with E-state index in [0.717, 1.165) is 36.3 Å². The number of rotatable bonds is 8. The first-order valence-electron chi connectivity index (χ1n) is 10.5. The van der Waals surface area contributed by atoms with E-state index < -0.39 is 11.6 Å². The summed E-state index contributed by atoms with van der Waals surface area (Å²) in [4.78, 5) is 19.5. The summed E-state index contributed by atoms with van der Waals surface area (Å²) in [7, 11) is 0. The molecule has 1 aliphatic heterocycles. The van der Waals surface area contributed by atoms with Crippen LogP contribution in [0, 0.1) is 11.6 Å². The molecule has 0 amide bonds. The van der Waals surface area contributed by atoms with Gasteiger partial charge in [0.1, 0.15) is 12.4 Å². The zero-order valence-electron chi connectivity index (χ0n) is 17.6. The predicted molar refractivity (Wildman–Crippen MR) is 115 cm³/mol. The third-order valence-corrected chi connectivity index (χ3v) is 5.32. The molecule has 0 N–H and O–H groups in total. The molecule has 1 fully saturated rings. The average molecular weight is 438 g/mol. The summed E-state index contributed by atoms with van der Waals surface area (Å²) in [5, 5.41) is 0. The van der Waals surface area contributed by atoms with Crippen LogP contribution in [-0.2, 0) is 24.3 Å². The Bertz CT molecular complexity index is 1070. The van der Waals surface area contributed by atoms with Gasteiger partial charge in [-0.15, -0.1) is 0 Å². The second-order valence-corrected chi connectivity index (χ2v) is 7.72. The molecule has 1 saturated heterocycles. The Kier molecular flexibility index (Phi) is 7.19. The van der Waals surface area contributed by atoms with E-state index >= 15 is 0 Å². The molecular formula is C25H24F2N2O3. The first-order chi connectivity index (χ1) is 15.6. The molecule has 4 rings (SSSR count). The number of benzene rings is 2. The van der Waals surface area contributed by atoms with Gasteiger partial charge in [0.2, 0.25) is 0 Å². The standard InChI is InChI=1S/C25H24F2N2O3/c26-22-5-3-20(13-23(22)27)17-32-25-6-4-19(16-29-8-10-31-11-9-29)12-21(25)24(30)14-18-2-1-7-28-15-18/h1-7,12-13,15H,8-11,14,16-17H2. The van der Waals surface area contributed by atoms with Gasteiger partial charge in [0.05, 0.1) is 18.8 Å². The van der Waals surface area contributed by atoms with Crippen LogP contribution in [-0.4, -0.2) is 42.0 Å². The highest BCUT2D eigenvalue weighted by Gasteiger charge is 2.17. The lowest BCUT2D eigenvalue weighted by Gasteiger charge is -2.26. The van der Waals surface area contributed by atoms with E-state index in [4.69, 9.17) is 9.47 Å². The van der Waals surface area contributed by atoms with Crippen molar-refractivity contribution < 1.29 is 23.0 Å². The quantitative estimate of drug-likeness (QED) is 0.494. The maximum absolute atomic E-state index is 13.5. The Morgan fingerprint density at radius 1 is 1.00 bits per heavy atom. The van der Waals surface area contributed by atoms with Gasteiger partial charge in [-0.2, -0.15) is 0 Å². The fourth-order valence-electron chi connectivity index (χ4n) is 3.61. The maximum atomic E-state index is 13.5. The Morgan fingerprint density at radius 3 is 2.56 bits per heavy atom. The summed E-state index contributed by atoms with van der Waals surface area (Å²) < 4.78 is 38.0. The lowest BCUT2D eigenvalue weighted by atomic mass is 10.0. The number of pyridine rings is 1. The molecule has 0 unspecified atom stereocenters. The molecular weight excluding hydrogens is 414 g/mol. The smallest absolute Gasteiger partial charge is 0.171 e. The molecule has 2 aromatic carbocycles. The molecule has 32 heavy (non-hydrogen) atoms. The van der Waals surface area contributed by atoms with Crippen molar-refractivity contribution in [2.75, 3.05) is 26.3 Å². The normalized spacial score (nSPS) is 14.3. The Balaban J connectivity index is 1.55. The molecule has 0 atom stereocenters. The summed E-state index contributed by atoms with van der Waals surface area (Å²) in [6.07, 6.45) is 3.51. The largest absolute Gasteiger partial charge is 0.488 e. The molecule has 2 heterocycles. The number of hydrogen-bond acceptors (Lipinski definition) is 5. The van der Waals surface area contributed by atoms with Crippen molar-refractivity contribution in [1.29, 1.82) is 0 Å². The molecule has 0 spiro atoms. The Labute approximate surface area is 185 Å². The molecule has 0 bridgehead atoms. The molecule has 3 aromatic rings. The predicted octanol–water partition coefficient (Wildman–Crippen LogP) is 4.20. The van der Waals surface area contributed by atoms with E-state index in [-0.39, 0.29) is 18.8 Å². The number of carbonyl (C=O) groups excluding carboxylic acids is 1. The van der Waals surface area contributed by atoms with Gasteiger partial charge >= 0.3 is 0 Å². The fourth-order valence-corrected chi connectivity index (χ4v) is 3.61. The van der Waals surface area contributed by atoms with Gasteiger partial charge < -0.3 is 9.47 Å². The van der Waals surface area contributed by atoms with E-state index in [9.17, 15) is 13.6 Å². The zero-order chi connectivity index (χ0) is 22.3. The van der Waals surface area contributed by atoms with Crippen molar-refractivity contribution in [3.8, 4) is 5.75 Å². The molecule has 1 aliphatic rings. The number of nitrogens with zero attached hydrogens (tertiary/aromatic N) is 2. The van der Waals surface area contributed by atoms with Crippen LogP contribution in [0.15, 0.2) is 60.9 Å². The second-order valence-electron chi connectivity index (χ2n) is 7.72. The minimum atomic E-state index is -0.931. The monoisotopic (exact) mass is 438 g/mol. The van der Waals surface area contributed by atoms with Gasteiger partial charge in [-0.05, 0) is 47.0 Å². The number of aromatic nitrogens is 1. The van der Waals surface area contributed by atoms with Gasteiger partial charge in [-0.1, -0.05) is 18.2 Å². The molecule has 0 saturated carbocycles. The third-order valence-electron chi connectivity index (χ3n) is 5.32. The first-order valence-corrected chi connectivity index (χ1v) is 10.5. The van der Waals surface area contributed by atoms with Crippen LogP contribution in [0.3, 0.4) is 0 Å². The topological polar surface area (TPSA) is 51.7 Å². The van der Waals surface area contributed by atoms with Crippen LogP contribution in [0.1, 0.15) is 27.0 Å². The summed E-state index contributed by atoms with van der Waals surface area (Å²) in [6, 6.07) is 12.8. The number of carbonyl (C=O) groups is 1. The van der Waals surface area contributed by atoms with E-state index in [1.165, 1.54) is 6.07 Å². The minimum Gasteiger partial charge on any atom is -0.488 e. The SMILES string of the molecule is O=C(Cc1cccnc1)c1cc(CN2CCOCC2)ccc1OCc1ccc(F)c(F)c1. The van der Waals surface area contributed by atoms with E-state index in [0.29, 0.717) is 36.6 Å². The van der Waals surface area contributed by atoms with E-state index in [1.807, 2.05) is 18.2 Å². The zero-order valence-corrected chi connectivity index (χ0v) is 17.6. The molecule has 7 heteroatoms. The van der Waals surface area contributed by atoms with Crippen molar-refractivity contribution >= 4 is 5.78 Å². The van der Waals surface area contributed by atoms with Crippen molar-refractivity contribution in [2.24, 2.45) is 0 Å². The summed E-state index contributed by atoms with van der Waals surface area (Å²) in [5.74, 6) is -1.52. The molecule has 166 valence electrons. The lowest BCUT2D eigenvalue weighted by Crippen LogP contribution is -2.35. The molecule has 0 aliphatic carbocycles. The lowest BCUT2D eigenvalue weighted by molar-refractivity contribution is 0.0341. The highest BCUT2D eigenvalue weighted by atomic mass is 19.2. The number of ketones is 1. The van der Waals surface area contributed by atoms with E-state index in [2.05, 4.69) is 9.88 Å². The van der Waals surface area contributed by atoms with Crippen LogP contribution >= 0.6 is 0 Å². The van der Waals surface area contributed by atoms with Crippen molar-refractivity contribution in [3.05, 3.63) is 94.8 Å². The van der Waals surface area contributed by atoms with Crippen molar-refractivity contribution in [3.63, 3.8) is 0 Å². The van der Waals surface area contributed by atoms with Crippen molar-refractivity contribution in [1.82, 2.24) is 9.88 Å². The first kappa shape index (κ1) is 22.0. The molecule has 1 aromatic heterocycles. The number of morpholine rings is 1. The second kappa shape index (κ2) is 10.4. The average Bonchev–Trinajstić information content (AvgIpc) is 2.81. The van der Waals surface area contributed by atoms with Crippen LogP contribution in [0.2, 0.25) is 0 Å². The van der Waals surface area contributed by atoms with Gasteiger partial charge in [0, 0.05) is 38.4 Å². The van der Waals surface area contributed by atoms with Gasteiger partial charge in [-0.3, -0.25) is 14.7 Å². The number of ether oxygens (including phenoxy) is 2. The number of hydrogen-bond donors (Lipinski definition) is 0. The van der Waals surface area contributed by atoms with E-state index in [1.54, 1.807) is 24.5 Å². The number of halogens is 2. The maximum Gasteiger partial charge on any atom is 0.171 e. The van der Waals surface area contributed by atoms with Gasteiger partial charge in [-0.25, -0.2) is 8.78 Å². The van der Waals surface area contributed by atoms with Crippen LogP contribution in [0.25, 0.3) is 0 Å². The van der Waals surface area contributed by atoms with Crippen LogP contribution in [0.5, 0.6) is 5.75 Å². The molecule has 0 radical (unpaired) electrons. The Hall–Kier alpha value is -3.16. The summed E-state index contributed by atoms with van der Waals surface area (Å²) in [6.45, 7) is 3.80. The van der Waals surface area contributed by atoms with Gasteiger partial charge in [0.25, 0.3) is 0 Å². The Morgan fingerprint density at radius 2 is 1.81 bits per heavy atom. The fraction of sp³-hybridized carbons (Fsp3) is 0.280. The summed E-state index contributed by atoms with van der Waals surface area (Å²) in [5.41, 5.74) is 2.75.